The third-order valence-corrected chi connectivity index (χ3v) is 2.75. The Labute approximate surface area is 80.7 Å². The molecule has 0 radical (unpaired) electrons. The second kappa shape index (κ2) is 5.57. The molecule has 0 atom stereocenters. The summed E-state index contributed by atoms with van der Waals surface area (Å²) in [5.74, 6) is 0.0311. The molecule has 13 heavy (non-hydrogen) atoms. The Morgan fingerprint density at radius 2 is 1.77 bits per heavy atom. The van der Waals surface area contributed by atoms with Crippen LogP contribution in [-0.2, 0) is 14.8 Å². The molecule has 1 N–H and O–H groups in total. The summed E-state index contributed by atoms with van der Waals surface area (Å²) in [6.07, 6.45) is 0.0780. The van der Waals surface area contributed by atoms with Gasteiger partial charge in [-0.1, -0.05) is 0 Å². The van der Waals surface area contributed by atoms with Crippen LogP contribution in [0.5, 0.6) is 0 Å². The fourth-order valence-corrected chi connectivity index (χ4v) is 1.96. The second-order valence-electron chi connectivity index (χ2n) is 3.51. The molecule has 0 aliphatic heterocycles. The van der Waals surface area contributed by atoms with Crippen molar-refractivity contribution in [3.8, 4) is 0 Å². The van der Waals surface area contributed by atoms with Crippen LogP contribution in [-0.4, -0.2) is 32.9 Å². The normalized spacial score (nSPS) is 12.8. The van der Waals surface area contributed by atoms with Gasteiger partial charge in [-0.15, -0.1) is 0 Å². The van der Waals surface area contributed by atoms with Gasteiger partial charge in [0.25, 0.3) is 0 Å². The van der Waals surface area contributed by atoms with E-state index in [4.69, 9.17) is 4.74 Å². The molecule has 0 aromatic heterocycles. The van der Waals surface area contributed by atoms with Crippen molar-refractivity contribution in [2.24, 2.45) is 0 Å². The van der Waals surface area contributed by atoms with Gasteiger partial charge < -0.3 is 4.74 Å². The molecular formula is C8H19NO3S. The number of hydrogen-bond donors (Lipinski definition) is 1. The molecule has 0 rings (SSSR count). The van der Waals surface area contributed by atoms with Gasteiger partial charge in [0.1, 0.15) is 0 Å². The molecule has 0 unspecified atom stereocenters. The fraction of sp³-hybridized carbons (Fsp3) is 1.00. The van der Waals surface area contributed by atoms with Crippen molar-refractivity contribution in [2.45, 2.75) is 39.8 Å². The molecule has 4 nitrogen and oxygen atoms in total. The van der Waals surface area contributed by atoms with Gasteiger partial charge >= 0.3 is 0 Å². The van der Waals surface area contributed by atoms with E-state index in [0.717, 1.165) is 0 Å². The summed E-state index contributed by atoms with van der Waals surface area (Å²) in [4.78, 5) is 0. The lowest BCUT2D eigenvalue weighted by Crippen LogP contribution is -2.33. The Kier molecular flexibility index (Phi) is 5.51. The summed E-state index contributed by atoms with van der Waals surface area (Å²) in [5.41, 5.74) is 0. The van der Waals surface area contributed by atoms with Gasteiger partial charge in [0.15, 0.2) is 0 Å². The number of hydrogen-bond acceptors (Lipinski definition) is 3. The van der Waals surface area contributed by atoms with Gasteiger partial charge in [-0.05, 0) is 27.7 Å². The molecule has 0 bridgehead atoms. The van der Waals surface area contributed by atoms with Gasteiger partial charge in [-0.25, -0.2) is 13.1 Å². The van der Waals surface area contributed by atoms with E-state index in [2.05, 4.69) is 4.72 Å². The molecule has 0 aliphatic carbocycles. The van der Waals surface area contributed by atoms with E-state index in [0.29, 0.717) is 0 Å². The Balaban J connectivity index is 3.77. The number of ether oxygens (including phenoxy) is 1. The molecule has 0 aromatic rings. The van der Waals surface area contributed by atoms with Crippen molar-refractivity contribution in [3.63, 3.8) is 0 Å². The highest BCUT2D eigenvalue weighted by atomic mass is 32.2. The standard InChI is InChI=1S/C8H19NO3S/c1-7(2)9-13(10,11)6-5-12-8(3)4/h7-9H,5-6H2,1-4H3. The Bertz CT molecular complexity index is 222. The quantitative estimate of drug-likeness (QED) is 0.702. The van der Waals surface area contributed by atoms with Crippen LogP contribution in [0, 0.1) is 0 Å². The summed E-state index contributed by atoms with van der Waals surface area (Å²) >= 11 is 0. The minimum atomic E-state index is -3.15. The highest BCUT2D eigenvalue weighted by Gasteiger charge is 2.11. The van der Waals surface area contributed by atoms with Gasteiger partial charge in [0, 0.05) is 6.04 Å². The molecule has 0 aliphatic rings. The van der Waals surface area contributed by atoms with Crippen LogP contribution < -0.4 is 4.72 Å². The van der Waals surface area contributed by atoms with E-state index < -0.39 is 10.0 Å². The van der Waals surface area contributed by atoms with Crippen LogP contribution in [0.4, 0.5) is 0 Å². The highest BCUT2D eigenvalue weighted by Crippen LogP contribution is 1.92. The second-order valence-corrected chi connectivity index (χ2v) is 5.38. The maximum Gasteiger partial charge on any atom is 0.214 e. The van der Waals surface area contributed by atoms with E-state index in [1.54, 1.807) is 13.8 Å². The molecule has 80 valence electrons. The van der Waals surface area contributed by atoms with Crippen molar-refractivity contribution in [3.05, 3.63) is 0 Å². The van der Waals surface area contributed by atoms with Crippen LogP contribution in [0.1, 0.15) is 27.7 Å². The lowest BCUT2D eigenvalue weighted by atomic mass is 10.4. The summed E-state index contributed by atoms with van der Waals surface area (Å²) in [6.45, 7) is 7.59. The lowest BCUT2D eigenvalue weighted by molar-refractivity contribution is 0.0911. The summed E-state index contributed by atoms with van der Waals surface area (Å²) < 4.78 is 30.1. The zero-order valence-corrected chi connectivity index (χ0v) is 9.52. The third kappa shape index (κ3) is 8.21. The smallest absolute Gasteiger partial charge is 0.214 e. The lowest BCUT2D eigenvalue weighted by Gasteiger charge is -2.10. The number of sulfonamides is 1. The molecule has 0 heterocycles. The summed E-state index contributed by atoms with van der Waals surface area (Å²) in [7, 11) is -3.15. The predicted octanol–water partition coefficient (Wildman–Crippen LogP) is 0.739. The van der Waals surface area contributed by atoms with Gasteiger partial charge in [0.05, 0.1) is 18.5 Å². The van der Waals surface area contributed by atoms with E-state index >= 15 is 0 Å². The Hall–Kier alpha value is -0.130. The van der Waals surface area contributed by atoms with Crippen LogP contribution in [0.2, 0.25) is 0 Å². The average molecular weight is 209 g/mol. The SMILES string of the molecule is CC(C)NS(=O)(=O)CCOC(C)C. The molecule has 0 aromatic carbocycles. The number of rotatable bonds is 6. The van der Waals surface area contributed by atoms with Gasteiger partial charge in [0.2, 0.25) is 10.0 Å². The molecule has 0 amide bonds. The molecule has 5 heteroatoms. The first-order valence-corrected chi connectivity index (χ1v) is 6.10. The van der Waals surface area contributed by atoms with Crippen molar-refractivity contribution in [2.75, 3.05) is 12.4 Å². The van der Waals surface area contributed by atoms with Crippen molar-refractivity contribution in [1.29, 1.82) is 0 Å². The molecule has 0 saturated heterocycles. The summed E-state index contributed by atoms with van der Waals surface area (Å²) in [6, 6.07) is -0.0518. The minimum absolute atomic E-state index is 0.0311. The Morgan fingerprint density at radius 1 is 1.23 bits per heavy atom. The first-order valence-electron chi connectivity index (χ1n) is 4.45. The maximum atomic E-state index is 11.2. The monoisotopic (exact) mass is 209 g/mol. The van der Waals surface area contributed by atoms with Crippen molar-refractivity contribution < 1.29 is 13.2 Å². The van der Waals surface area contributed by atoms with Crippen LogP contribution in [0.15, 0.2) is 0 Å². The highest BCUT2D eigenvalue weighted by molar-refractivity contribution is 7.89. The zero-order valence-electron chi connectivity index (χ0n) is 8.70. The predicted molar refractivity (Wildman–Crippen MR) is 53.1 cm³/mol. The zero-order chi connectivity index (χ0) is 10.5. The fourth-order valence-electron chi connectivity index (χ4n) is 0.812. The largest absolute Gasteiger partial charge is 0.378 e. The van der Waals surface area contributed by atoms with Crippen LogP contribution >= 0.6 is 0 Å². The minimum Gasteiger partial charge on any atom is -0.378 e. The van der Waals surface area contributed by atoms with Crippen molar-refractivity contribution >= 4 is 10.0 Å². The topological polar surface area (TPSA) is 55.4 Å². The average Bonchev–Trinajstić information content (AvgIpc) is 1.81. The third-order valence-electron chi connectivity index (χ3n) is 1.22. The first kappa shape index (κ1) is 12.9. The van der Waals surface area contributed by atoms with Crippen LogP contribution in [0.25, 0.3) is 0 Å². The summed E-state index contributed by atoms with van der Waals surface area (Å²) in [5, 5.41) is 0. The Morgan fingerprint density at radius 3 is 2.15 bits per heavy atom. The van der Waals surface area contributed by atoms with Gasteiger partial charge in [-0.2, -0.15) is 0 Å². The molecule has 0 saturated carbocycles. The van der Waals surface area contributed by atoms with E-state index in [9.17, 15) is 8.42 Å². The van der Waals surface area contributed by atoms with Crippen LogP contribution in [0.3, 0.4) is 0 Å². The maximum absolute atomic E-state index is 11.2. The van der Waals surface area contributed by atoms with Gasteiger partial charge in [-0.3, -0.25) is 0 Å². The van der Waals surface area contributed by atoms with E-state index in [-0.39, 0.29) is 24.5 Å². The first-order chi connectivity index (χ1) is 5.83. The van der Waals surface area contributed by atoms with E-state index in [1.165, 1.54) is 0 Å². The molecule has 0 spiro atoms. The number of nitrogens with one attached hydrogen (secondary N) is 1. The van der Waals surface area contributed by atoms with E-state index in [1.807, 2.05) is 13.8 Å². The van der Waals surface area contributed by atoms with Crippen molar-refractivity contribution in [1.82, 2.24) is 4.72 Å². The molecular weight excluding hydrogens is 190 g/mol. The molecule has 0 fully saturated rings.